The molecule has 1 amide bonds. The van der Waals surface area contributed by atoms with E-state index in [1.807, 2.05) is 65.8 Å². The molecule has 0 heterocycles. The van der Waals surface area contributed by atoms with Gasteiger partial charge in [-0.1, -0.05) is 28.1 Å². The first-order valence-electron chi connectivity index (χ1n) is 6.75. The number of rotatable bonds is 4. The van der Waals surface area contributed by atoms with Crippen molar-refractivity contribution in [2.45, 2.75) is 52.6 Å². The van der Waals surface area contributed by atoms with Crippen LogP contribution in [0.1, 0.15) is 47.1 Å². The molecule has 0 spiro atoms. The second-order valence-corrected chi connectivity index (χ2v) is 7.85. The molecule has 0 aliphatic carbocycles. The van der Waals surface area contributed by atoms with Gasteiger partial charge in [-0.3, -0.25) is 4.79 Å². The van der Waals surface area contributed by atoms with E-state index in [9.17, 15) is 4.79 Å². The van der Waals surface area contributed by atoms with Gasteiger partial charge >= 0.3 is 0 Å². The molecular weight excluding hydrogens is 316 g/mol. The summed E-state index contributed by atoms with van der Waals surface area (Å²) in [6.45, 7) is 11.5. The van der Waals surface area contributed by atoms with E-state index in [1.165, 1.54) is 0 Å². The van der Waals surface area contributed by atoms with Crippen molar-refractivity contribution in [3.05, 3.63) is 34.3 Å². The molecule has 0 fully saturated rings. The smallest absolute Gasteiger partial charge is 0.228 e. The lowest BCUT2D eigenvalue weighted by molar-refractivity contribution is -0.134. The zero-order valence-corrected chi connectivity index (χ0v) is 14.8. The summed E-state index contributed by atoms with van der Waals surface area (Å²) in [5.74, 6) is -0.0436. The van der Waals surface area contributed by atoms with Crippen LogP contribution < -0.4 is 11.1 Å². The first kappa shape index (κ1) is 17.2. The molecule has 0 unspecified atom stereocenters. The number of carbonyl (C=O) groups is 1. The number of halogens is 1. The molecule has 0 radical (unpaired) electrons. The van der Waals surface area contributed by atoms with E-state index in [2.05, 4.69) is 21.2 Å². The largest absolute Gasteiger partial charge is 0.347 e. The van der Waals surface area contributed by atoms with Gasteiger partial charge in [0.15, 0.2) is 0 Å². The summed E-state index contributed by atoms with van der Waals surface area (Å²) in [4.78, 5) is 12.6. The Bertz CT molecular complexity index is 484. The fourth-order valence-electron chi connectivity index (χ4n) is 1.67. The molecule has 20 heavy (non-hydrogen) atoms. The van der Waals surface area contributed by atoms with Crippen molar-refractivity contribution in [2.75, 3.05) is 0 Å². The highest BCUT2D eigenvalue weighted by atomic mass is 79.9. The van der Waals surface area contributed by atoms with Gasteiger partial charge in [0.05, 0.1) is 11.0 Å². The van der Waals surface area contributed by atoms with Gasteiger partial charge in [0.25, 0.3) is 0 Å². The minimum absolute atomic E-state index is 0.0436. The average molecular weight is 341 g/mol. The highest BCUT2D eigenvalue weighted by Gasteiger charge is 2.42. The predicted octanol–water partition coefficient (Wildman–Crippen LogP) is 3.56. The van der Waals surface area contributed by atoms with E-state index in [1.54, 1.807) is 0 Å². The topological polar surface area (TPSA) is 55.1 Å². The summed E-state index contributed by atoms with van der Waals surface area (Å²) in [5.41, 5.74) is 5.49. The molecule has 0 aliphatic heterocycles. The first-order valence-corrected chi connectivity index (χ1v) is 7.55. The van der Waals surface area contributed by atoms with Gasteiger partial charge in [0.1, 0.15) is 0 Å². The minimum atomic E-state index is -0.653. The summed E-state index contributed by atoms with van der Waals surface area (Å²) in [6.07, 6.45) is 0. The van der Waals surface area contributed by atoms with E-state index in [0.717, 1.165) is 10.0 Å². The Kier molecular flexibility index (Phi) is 4.72. The summed E-state index contributed by atoms with van der Waals surface area (Å²) in [5, 5.41) is 3.10. The Labute approximate surface area is 130 Å². The molecule has 1 aromatic carbocycles. The second kappa shape index (κ2) is 5.49. The molecular formula is C16H25BrN2O. The summed E-state index contributed by atoms with van der Waals surface area (Å²) < 4.78 is 1.02. The van der Waals surface area contributed by atoms with E-state index in [4.69, 9.17) is 5.73 Å². The van der Waals surface area contributed by atoms with Gasteiger partial charge in [-0.15, -0.1) is 0 Å². The van der Waals surface area contributed by atoms with Gasteiger partial charge < -0.3 is 11.1 Å². The van der Waals surface area contributed by atoms with Crippen molar-refractivity contribution in [1.29, 1.82) is 0 Å². The highest BCUT2D eigenvalue weighted by molar-refractivity contribution is 9.10. The molecule has 4 heteroatoms. The van der Waals surface area contributed by atoms with Crippen LogP contribution in [0, 0.1) is 5.41 Å². The third-order valence-corrected chi connectivity index (χ3v) is 4.70. The van der Waals surface area contributed by atoms with Crippen LogP contribution in [0.25, 0.3) is 0 Å². The van der Waals surface area contributed by atoms with E-state index >= 15 is 0 Å². The molecule has 112 valence electrons. The SMILES string of the molecule is CC(C)(NC(=O)C(C)(C)C(C)(C)N)c1ccc(Br)cc1. The quantitative estimate of drug-likeness (QED) is 0.880. The van der Waals surface area contributed by atoms with Crippen LogP contribution in [0.4, 0.5) is 0 Å². The number of benzene rings is 1. The zero-order chi connectivity index (χ0) is 15.8. The number of hydrogen-bond acceptors (Lipinski definition) is 2. The molecule has 1 aromatic rings. The van der Waals surface area contributed by atoms with Crippen molar-refractivity contribution in [3.8, 4) is 0 Å². The van der Waals surface area contributed by atoms with Crippen LogP contribution in [0.5, 0.6) is 0 Å². The van der Waals surface area contributed by atoms with Crippen LogP contribution in [0.2, 0.25) is 0 Å². The van der Waals surface area contributed by atoms with Crippen LogP contribution in [-0.2, 0) is 10.3 Å². The summed E-state index contributed by atoms with van der Waals surface area (Å²) in [6, 6.07) is 7.96. The third-order valence-electron chi connectivity index (χ3n) is 4.17. The molecule has 0 atom stereocenters. The molecule has 0 bridgehead atoms. The van der Waals surface area contributed by atoms with Gasteiger partial charge in [-0.2, -0.15) is 0 Å². The van der Waals surface area contributed by atoms with Crippen molar-refractivity contribution < 1.29 is 4.79 Å². The second-order valence-electron chi connectivity index (χ2n) is 6.93. The lowest BCUT2D eigenvalue weighted by Gasteiger charge is -2.40. The Balaban J connectivity index is 2.97. The molecule has 3 nitrogen and oxygen atoms in total. The molecule has 1 rings (SSSR count). The van der Waals surface area contributed by atoms with E-state index in [-0.39, 0.29) is 5.91 Å². The Morgan fingerprint density at radius 2 is 1.50 bits per heavy atom. The van der Waals surface area contributed by atoms with Crippen molar-refractivity contribution in [3.63, 3.8) is 0 Å². The van der Waals surface area contributed by atoms with Crippen LogP contribution in [0.15, 0.2) is 28.7 Å². The van der Waals surface area contributed by atoms with E-state index in [0.29, 0.717) is 0 Å². The number of nitrogens with two attached hydrogens (primary N) is 1. The monoisotopic (exact) mass is 340 g/mol. The minimum Gasteiger partial charge on any atom is -0.347 e. The van der Waals surface area contributed by atoms with Crippen molar-refractivity contribution in [2.24, 2.45) is 11.1 Å². The number of amides is 1. The van der Waals surface area contributed by atoms with Crippen LogP contribution in [-0.4, -0.2) is 11.4 Å². The van der Waals surface area contributed by atoms with Crippen molar-refractivity contribution in [1.82, 2.24) is 5.32 Å². The lowest BCUT2D eigenvalue weighted by Crippen LogP contribution is -2.58. The van der Waals surface area contributed by atoms with Crippen molar-refractivity contribution >= 4 is 21.8 Å². The molecule has 0 saturated heterocycles. The molecule has 0 aromatic heterocycles. The number of hydrogen-bond donors (Lipinski definition) is 2. The third kappa shape index (κ3) is 3.61. The Morgan fingerprint density at radius 1 is 1.05 bits per heavy atom. The van der Waals surface area contributed by atoms with Gasteiger partial charge in [-0.25, -0.2) is 0 Å². The molecule has 0 aliphatic rings. The lowest BCUT2D eigenvalue weighted by atomic mass is 9.74. The molecule has 3 N–H and O–H groups in total. The average Bonchev–Trinajstić information content (AvgIpc) is 2.27. The standard InChI is InChI=1S/C16H25BrN2O/c1-14(2,16(5,6)18)13(20)19-15(3,4)11-7-9-12(17)10-8-11/h7-10H,18H2,1-6H3,(H,19,20). The van der Waals surface area contributed by atoms with Crippen LogP contribution >= 0.6 is 15.9 Å². The number of carbonyl (C=O) groups excluding carboxylic acids is 1. The van der Waals surface area contributed by atoms with Gasteiger partial charge in [0, 0.05) is 10.0 Å². The fourth-order valence-corrected chi connectivity index (χ4v) is 1.94. The van der Waals surface area contributed by atoms with Gasteiger partial charge in [-0.05, 0) is 59.2 Å². The number of nitrogens with one attached hydrogen (secondary N) is 1. The zero-order valence-electron chi connectivity index (χ0n) is 13.2. The Hall–Kier alpha value is -0.870. The maximum atomic E-state index is 12.6. The van der Waals surface area contributed by atoms with E-state index < -0.39 is 16.5 Å². The van der Waals surface area contributed by atoms with Crippen LogP contribution in [0.3, 0.4) is 0 Å². The Morgan fingerprint density at radius 3 is 1.90 bits per heavy atom. The molecule has 0 saturated carbocycles. The summed E-state index contributed by atoms with van der Waals surface area (Å²) in [7, 11) is 0. The summed E-state index contributed by atoms with van der Waals surface area (Å²) >= 11 is 3.42. The maximum Gasteiger partial charge on any atom is 0.228 e. The maximum absolute atomic E-state index is 12.6. The first-order chi connectivity index (χ1) is 8.88. The fraction of sp³-hybridized carbons (Fsp3) is 0.562. The predicted molar refractivity (Wildman–Crippen MR) is 87.4 cm³/mol. The van der Waals surface area contributed by atoms with Gasteiger partial charge in [0.2, 0.25) is 5.91 Å². The highest BCUT2D eigenvalue weighted by Crippen LogP contribution is 2.31. The normalized spacial score (nSPS) is 13.2.